The summed E-state index contributed by atoms with van der Waals surface area (Å²) in [7, 11) is 0. The Balaban J connectivity index is 2.33. The van der Waals surface area contributed by atoms with Gasteiger partial charge in [-0.15, -0.1) is 0 Å². The van der Waals surface area contributed by atoms with E-state index in [1.807, 2.05) is 31.2 Å². The van der Waals surface area contributed by atoms with E-state index in [2.05, 4.69) is 6.92 Å². The molecule has 0 heterocycles. The van der Waals surface area contributed by atoms with Crippen LogP contribution in [0.5, 0.6) is 11.5 Å². The summed E-state index contributed by atoms with van der Waals surface area (Å²) < 4.78 is 0. The number of phenols is 2. The summed E-state index contributed by atoms with van der Waals surface area (Å²) in [4.78, 5) is 0. The normalized spacial score (nSPS) is 12.3. The molecular weight excluding hydrogens is 224 g/mol. The Labute approximate surface area is 108 Å². The molecule has 0 aromatic heterocycles. The van der Waals surface area contributed by atoms with Crippen molar-refractivity contribution in [3.8, 4) is 11.5 Å². The lowest BCUT2D eigenvalue weighted by atomic mass is 9.91. The fourth-order valence-corrected chi connectivity index (χ4v) is 2.11. The van der Waals surface area contributed by atoms with E-state index in [1.54, 1.807) is 18.2 Å². The van der Waals surface area contributed by atoms with Crippen LogP contribution in [0, 0.1) is 0 Å². The topological polar surface area (TPSA) is 40.5 Å². The highest BCUT2D eigenvalue weighted by atomic mass is 16.3. The average Bonchev–Trinajstić information content (AvgIpc) is 2.39. The van der Waals surface area contributed by atoms with Gasteiger partial charge in [-0.3, -0.25) is 0 Å². The molecule has 0 fully saturated rings. The molecule has 2 aromatic rings. The van der Waals surface area contributed by atoms with Gasteiger partial charge in [-0.2, -0.15) is 0 Å². The van der Waals surface area contributed by atoms with Crippen LogP contribution in [0.15, 0.2) is 42.5 Å². The molecular formula is C16H18O2. The summed E-state index contributed by atoms with van der Waals surface area (Å²) in [6.07, 6.45) is 0.821. The third-order valence-corrected chi connectivity index (χ3v) is 3.38. The second-order valence-electron chi connectivity index (χ2n) is 4.55. The maximum atomic E-state index is 9.69. The van der Waals surface area contributed by atoms with Crippen LogP contribution in [0.25, 0.3) is 0 Å². The van der Waals surface area contributed by atoms with Crippen LogP contribution < -0.4 is 0 Å². The highest BCUT2D eigenvalue weighted by Gasteiger charge is 2.10. The van der Waals surface area contributed by atoms with E-state index in [0.29, 0.717) is 5.75 Å². The van der Waals surface area contributed by atoms with Crippen LogP contribution in [0.3, 0.4) is 0 Å². The maximum Gasteiger partial charge on any atom is 0.118 e. The standard InChI is InChI=1S/C16H18O2/c1-3-12-10-14(6-9-16(12)18)11(2)13-4-7-15(17)8-5-13/h4-11,17-18H,3H2,1-2H3. The second-order valence-corrected chi connectivity index (χ2v) is 4.55. The third-order valence-electron chi connectivity index (χ3n) is 3.38. The molecule has 2 heteroatoms. The van der Waals surface area contributed by atoms with Crippen molar-refractivity contribution in [3.05, 3.63) is 59.2 Å². The number of rotatable bonds is 3. The Kier molecular flexibility index (Phi) is 3.56. The van der Waals surface area contributed by atoms with Gasteiger partial charge in [0.2, 0.25) is 0 Å². The van der Waals surface area contributed by atoms with Crippen LogP contribution >= 0.6 is 0 Å². The van der Waals surface area contributed by atoms with E-state index in [0.717, 1.165) is 17.5 Å². The molecule has 1 unspecified atom stereocenters. The summed E-state index contributed by atoms with van der Waals surface area (Å²) in [5.41, 5.74) is 3.30. The quantitative estimate of drug-likeness (QED) is 0.859. The summed E-state index contributed by atoms with van der Waals surface area (Å²) in [6.45, 7) is 4.16. The van der Waals surface area contributed by atoms with Crippen molar-refractivity contribution in [2.24, 2.45) is 0 Å². The van der Waals surface area contributed by atoms with Gasteiger partial charge < -0.3 is 10.2 Å². The van der Waals surface area contributed by atoms with E-state index in [4.69, 9.17) is 0 Å². The molecule has 2 aromatic carbocycles. The summed E-state index contributed by atoms with van der Waals surface area (Å²) in [5.74, 6) is 0.890. The first-order chi connectivity index (χ1) is 8.61. The van der Waals surface area contributed by atoms with Crippen LogP contribution in [0.2, 0.25) is 0 Å². The van der Waals surface area contributed by atoms with Crippen LogP contribution in [-0.4, -0.2) is 10.2 Å². The Morgan fingerprint density at radius 3 is 2.17 bits per heavy atom. The number of hydrogen-bond acceptors (Lipinski definition) is 2. The minimum absolute atomic E-state index is 0.247. The first-order valence-corrected chi connectivity index (χ1v) is 6.22. The molecule has 2 N–H and O–H groups in total. The Bertz CT molecular complexity index is 529. The molecule has 0 amide bonds. The Hall–Kier alpha value is -1.96. The SMILES string of the molecule is CCc1cc(C(C)c2ccc(O)cc2)ccc1O. The number of aromatic hydroxyl groups is 2. The number of aryl methyl sites for hydroxylation is 1. The van der Waals surface area contributed by atoms with Gasteiger partial charge in [0, 0.05) is 5.92 Å². The van der Waals surface area contributed by atoms with Crippen molar-refractivity contribution < 1.29 is 10.2 Å². The largest absolute Gasteiger partial charge is 0.508 e. The molecule has 0 aliphatic heterocycles. The zero-order valence-electron chi connectivity index (χ0n) is 10.7. The van der Waals surface area contributed by atoms with Crippen LogP contribution in [0.1, 0.15) is 36.5 Å². The maximum absolute atomic E-state index is 9.69. The molecule has 18 heavy (non-hydrogen) atoms. The van der Waals surface area contributed by atoms with Gasteiger partial charge in [-0.25, -0.2) is 0 Å². The molecule has 0 spiro atoms. The third kappa shape index (κ3) is 2.48. The molecule has 0 saturated heterocycles. The van der Waals surface area contributed by atoms with E-state index in [1.165, 1.54) is 5.56 Å². The van der Waals surface area contributed by atoms with Crippen LogP contribution in [0.4, 0.5) is 0 Å². The smallest absolute Gasteiger partial charge is 0.118 e. The minimum Gasteiger partial charge on any atom is -0.508 e. The molecule has 2 rings (SSSR count). The number of hydrogen-bond donors (Lipinski definition) is 2. The predicted octanol–water partition coefficient (Wildman–Crippen LogP) is 3.81. The lowest BCUT2D eigenvalue weighted by molar-refractivity contribution is 0.468. The molecule has 0 radical (unpaired) electrons. The summed E-state index contributed by atoms with van der Waals surface area (Å²) >= 11 is 0. The van der Waals surface area contributed by atoms with Gasteiger partial charge in [0.1, 0.15) is 11.5 Å². The van der Waals surface area contributed by atoms with Crippen molar-refractivity contribution in [3.63, 3.8) is 0 Å². The molecule has 0 aliphatic rings. The van der Waals surface area contributed by atoms with E-state index in [-0.39, 0.29) is 11.7 Å². The molecule has 0 saturated carbocycles. The fourth-order valence-electron chi connectivity index (χ4n) is 2.11. The summed E-state index contributed by atoms with van der Waals surface area (Å²) in [5, 5.41) is 19.0. The molecule has 0 bridgehead atoms. The highest BCUT2D eigenvalue weighted by Crippen LogP contribution is 2.29. The highest BCUT2D eigenvalue weighted by molar-refractivity contribution is 5.41. The van der Waals surface area contributed by atoms with E-state index < -0.39 is 0 Å². The van der Waals surface area contributed by atoms with Crippen molar-refractivity contribution in [2.75, 3.05) is 0 Å². The molecule has 1 atom stereocenters. The van der Waals surface area contributed by atoms with E-state index in [9.17, 15) is 10.2 Å². The van der Waals surface area contributed by atoms with Gasteiger partial charge >= 0.3 is 0 Å². The lowest BCUT2D eigenvalue weighted by Gasteiger charge is -2.14. The van der Waals surface area contributed by atoms with Gasteiger partial charge in [-0.1, -0.05) is 38.1 Å². The van der Waals surface area contributed by atoms with Gasteiger partial charge in [0.15, 0.2) is 0 Å². The lowest BCUT2D eigenvalue weighted by Crippen LogP contribution is -1.97. The van der Waals surface area contributed by atoms with Crippen molar-refractivity contribution in [1.82, 2.24) is 0 Å². The first kappa shape index (κ1) is 12.5. The second kappa shape index (κ2) is 5.13. The molecule has 2 nitrogen and oxygen atoms in total. The first-order valence-electron chi connectivity index (χ1n) is 6.22. The zero-order valence-corrected chi connectivity index (χ0v) is 10.7. The van der Waals surface area contributed by atoms with Crippen molar-refractivity contribution >= 4 is 0 Å². The van der Waals surface area contributed by atoms with Crippen LogP contribution in [-0.2, 0) is 6.42 Å². The number of phenolic OH excluding ortho intramolecular Hbond substituents is 2. The predicted molar refractivity (Wildman–Crippen MR) is 73.1 cm³/mol. The average molecular weight is 242 g/mol. The van der Waals surface area contributed by atoms with Gasteiger partial charge in [0.05, 0.1) is 0 Å². The zero-order chi connectivity index (χ0) is 13.1. The Morgan fingerprint density at radius 2 is 1.56 bits per heavy atom. The van der Waals surface area contributed by atoms with Crippen molar-refractivity contribution in [1.29, 1.82) is 0 Å². The molecule has 94 valence electrons. The van der Waals surface area contributed by atoms with Gasteiger partial charge in [-0.05, 0) is 41.3 Å². The fraction of sp³-hybridized carbons (Fsp3) is 0.250. The van der Waals surface area contributed by atoms with Gasteiger partial charge in [0.25, 0.3) is 0 Å². The monoisotopic (exact) mass is 242 g/mol. The number of benzene rings is 2. The molecule has 0 aliphatic carbocycles. The van der Waals surface area contributed by atoms with Crippen molar-refractivity contribution in [2.45, 2.75) is 26.2 Å². The summed E-state index contributed by atoms with van der Waals surface area (Å²) in [6, 6.07) is 13.0. The Morgan fingerprint density at radius 1 is 0.944 bits per heavy atom. The van der Waals surface area contributed by atoms with E-state index >= 15 is 0 Å². The minimum atomic E-state index is 0.247.